The standard InChI is InChI=1S/C22H28N2O3/c1-2-9-19-20(14-17-10-5-3-6-11-17)24(22(26)23-21(19)25)16-27-15-18-12-7-4-8-13-18/h3-7,10-11,18H,2,8-9,12-16H2,1H3,(H,23,25,26). The molecule has 1 atom stereocenters. The molecule has 0 spiro atoms. The fourth-order valence-electron chi connectivity index (χ4n) is 3.61. The molecule has 0 aliphatic heterocycles. The van der Waals surface area contributed by atoms with Gasteiger partial charge in [0.2, 0.25) is 0 Å². The minimum atomic E-state index is -0.394. The number of rotatable bonds is 8. The van der Waals surface area contributed by atoms with Crippen molar-refractivity contribution in [1.82, 2.24) is 9.55 Å². The number of nitrogens with zero attached hydrogens (tertiary/aromatic N) is 1. The molecule has 1 unspecified atom stereocenters. The molecule has 1 heterocycles. The van der Waals surface area contributed by atoms with E-state index in [0.717, 1.165) is 36.9 Å². The summed E-state index contributed by atoms with van der Waals surface area (Å²) < 4.78 is 7.49. The molecule has 27 heavy (non-hydrogen) atoms. The second kappa shape index (κ2) is 9.51. The second-order valence-electron chi connectivity index (χ2n) is 7.18. The molecule has 1 aliphatic rings. The van der Waals surface area contributed by atoms with Crippen molar-refractivity contribution >= 4 is 0 Å². The molecule has 0 saturated heterocycles. The van der Waals surface area contributed by atoms with Crippen molar-refractivity contribution in [3.8, 4) is 0 Å². The number of allylic oxidation sites excluding steroid dienone is 2. The van der Waals surface area contributed by atoms with E-state index in [1.54, 1.807) is 4.57 Å². The Bertz CT molecular complexity index is 881. The molecular weight excluding hydrogens is 340 g/mol. The van der Waals surface area contributed by atoms with Gasteiger partial charge in [-0.15, -0.1) is 0 Å². The van der Waals surface area contributed by atoms with E-state index in [-0.39, 0.29) is 12.3 Å². The average Bonchev–Trinajstić information content (AvgIpc) is 2.69. The van der Waals surface area contributed by atoms with Gasteiger partial charge in [-0.2, -0.15) is 0 Å². The number of nitrogens with one attached hydrogen (secondary N) is 1. The Morgan fingerprint density at radius 1 is 1.19 bits per heavy atom. The van der Waals surface area contributed by atoms with Crippen molar-refractivity contribution in [3.05, 3.63) is 80.1 Å². The summed E-state index contributed by atoms with van der Waals surface area (Å²) in [4.78, 5) is 27.4. The SMILES string of the molecule is CCCc1c(Cc2ccccc2)n(COCC2CC=CCC2)c(=O)[nH]c1=O. The van der Waals surface area contributed by atoms with E-state index in [9.17, 15) is 9.59 Å². The molecular formula is C22H28N2O3. The first-order valence-electron chi connectivity index (χ1n) is 9.80. The number of aromatic amines is 1. The van der Waals surface area contributed by atoms with Crippen LogP contribution < -0.4 is 11.2 Å². The minimum Gasteiger partial charge on any atom is -0.360 e. The highest BCUT2D eigenvalue weighted by Crippen LogP contribution is 2.18. The maximum absolute atomic E-state index is 12.5. The Morgan fingerprint density at radius 3 is 2.70 bits per heavy atom. The zero-order chi connectivity index (χ0) is 19.1. The predicted octanol–water partition coefficient (Wildman–Crippen LogP) is 3.41. The molecule has 1 aliphatic carbocycles. The lowest BCUT2D eigenvalue weighted by Gasteiger charge is -2.20. The van der Waals surface area contributed by atoms with Crippen LogP contribution in [0.4, 0.5) is 0 Å². The topological polar surface area (TPSA) is 64.1 Å². The highest BCUT2D eigenvalue weighted by atomic mass is 16.5. The summed E-state index contributed by atoms with van der Waals surface area (Å²) in [5.41, 5.74) is 1.85. The van der Waals surface area contributed by atoms with Gasteiger partial charge in [0.05, 0.1) is 6.61 Å². The van der Waals surface area contributed by atoms with E-state index in [1.165, 1.54) is 0 Å². The van der Waals surface area contributed by atoms with Gasteiger partial charge in [-0.1, -0.05) is 55.8 Å². The van der Waals surface area contributed by atoms with Crippen molar-refractivity contribution < 1.29 is 4.74 Å². The normalized spacial score (nSPS) is 16.6. The summed E-state index contributed by atoms with van der Waals surface area (Å²) in [6, 6.07) is 9.93. The van der Waals surface area contributed by atoms with Crippen LogP contribution in [0.2, 0.25) is 0 Å². The van der Waals surface area contributed by atoms with Crippen molar-refractivity contribution in [3.63, 3.8) is 0 Å². The van der Waals surface area contributed by atoms with Gasteiger partial charge < -0.3 is 4.74 Å². The van der Waals surface area contributed by atoms with E-state index in [2.05, 4.69) is 17.1 Å². The third-order valence-electron chi connectivity index (χ3n) is 5.08. The van der Waals surface area contributed by atoms with Gasteiger partial charge in [0, 0.05) is 17.7 Å². The fourth-order valence-corrected chi connectivity index (χ4v) is 3.61. The Kier molecular flexibility index (Phi) is 6.82. The average molecular weight is 368 g/mol. The number of hydrogen-bond acceptors (Lipinski definition) is 3. The Labute approximate surface area is 159 Å². The Hall–Kier alpha value is -2.40. The van der Waals surface area contributed by atoms with Crippen LogP contribution in [-0.4, -0.2) is 16.2 Å². The quantitative estimate of drug-likeness (QED) is 0.726. The lowest BCUT2D eigenvalue weighted by molar-refractivity contribution is 0.0432. The summed E-state index contributed by atoms with van der Waals surface area (Å²) in [7, 11) is 0. The highest BCUT2D eigenvalue weighted by Gasteiger charge is 2.16. The van der Waals surface area contributed by atoms with Gasteiger partial charge in [-0.25, -0.2) is 4.79 Å². The number of ether oxygens (including phenoxy) is 1. The molecule has 0 radical (unpaired) electrons. The first-order valence-corrected chi connectivity index (χ1v) is 9.80. The number of hydrogen-bond donors (Lipinski definition) is 1. The number of aromatic nitrogens is 2. The van der Waals surface area contributed by atoms with Crippen LogP contribution in [0.3, 0.4) is 0 Å². The highest BCUT2D eigenvalue weighted by molar-refractivity contribution is 5.27. The molecule has 1 aromatic heterocycles. The summed E-state index contributed by atoms with van der Waals surface area (Å²) in [6.45, 7) is 2.84. The predicted molar refractivity (Wildman–Crippen MR) is 107 cm³/mol. The number of benzene rings is 1. The molecule has 144 valence electrons. The van der Waals surface area contributed by atoms with E-state index < -0.39 is 5.69 Å². The largest absolute Gasteiger partial charge is 0.360 e. The molecule has 5 nitrogen and oxygen atoms in total. The van der Waals surface area contributed by atoms with Crippen LogP contribution in [0.25, 0.3) is 0 Å². The van der Waals surface area contributed by atoms with Crippen molar-refractivity contribution in [2.45, 2.75) is 52.2 Å². The Morgan fingerprint density at radius 2 is 2.00 bits per heavy atom. The van der Waals surface area contributed by atoms with E-state index in [0.29, 0.717) is 30.9 Å². The monoisotopic (exact) mass is 368 g/mol. The summed E-state index contributed by atoms with van der Waals surface area (Å²) in [6.07, 6.45) is 9.68. The lowest BCUT2D eigenvalue weighted by atomic mass is 9.95. The molecule has 0 bridgehead atoms. The summed E-state index contributed by atoms with van der Waals surface area (Å²) in [5.74, 6) is 0.501. The molecule has 1 N–H and O–H groups in total. The zero-order valence-corrected chi connectivity index (χ0v) is 15.9. The van der Waals surface area contributed by atoms with Crippen molar-refractivity contribution in [2.24, 2.45) is 5.92 Å². The maximum atomic E-state index is 12.5. The zero-order valence-electron chi connectivity index (χ0n) is 15.9. The minimum absolute atomic E-state index is 0.175. The van der Waals surface area contributed by atoms with Crippen LogP contribution in [0.1, 0.15) is 49.4 Å². The molecule has 3 rings (SSSR count). The Balaban J connectivity index is 1.86. The van der Waals surface area contributed by atoms with Gasteiger partial charge in [0.15, 0.2) is 0 Å². The van der Waals surface area contributed by atoms with Crippen LogP contribution >= 0.6 is 0 Å². The lowest BCUT2D eigenvalue weighted by Crippen LogP contribution is -2.36. The first-order chi connectivity index (χ1) is 13.2. The van der Waals surface area contributed by atoms with E-state index >= 15 is 0 Å². The first kappa shape index (κ1) is 19.4. The summed E-state index contributed by atoms with van der Waals surface area (Å²) in [5, 5.41) is 0. The van der Waals surface area contributed by atoms with Gasteiger partial charge in [-0.05, 0) is 37.2 Å². The van der Waals surface area contributed by atoms with Gasteiger partial charge in [0.1, 0.15) is 6.73 Å². The third-order valence-corrected chi connectivity index (χ3v) is 5.08. The smallest absolute Gasteiger partial charge is 0.330 e. The van der Waals surface area contributed by atoms with Crippen molar-refractivity contribution in [2.75, 3.05) is 6.61 Å². The van der Waals surface area contributed by atoms with Crippen molar-refractivity contribution in [1.29, 1.82) is 0 Å². The second-order valence-corrected chi connectivity index (χ2v) is 7.18. The number of H-pyrrole nitrogens is 1. The van der Waals surface area contributed by atoms with E-state index in [4.69, 9.17) is 4.74 Å². The molecule has 0 saturated carbocycles. The molecule has 2 aromatic rings. The molecule has 0 fully saturated rings. The van der Waals surface area contributed by atoms with Gasteiger partial charge >= 0.3 is 5.69 Å². The van der Waals surface area contributed by atoms with Crippen LogP contribution in [-0.2, 0) is 24.3 Å². The van der Waals surface area contributed by atoms with Gasteiger partial charge in [-0.3, -0.25) is 14.3 Å². The van der Waals surface area contributed by atoms with Crippen LogP contribution in [0, 0.1) is 5.92 Å². The van der Waals surface area contributed by atoms with Gasteiger partial charge in [0.25, 0.3) is 5.56 Å². The third kappa shape index (κ3) is 5.07. The maximum Gasteiger partial charge on any atom is 0.330 e. The van der Waals surface area contributed by atoms with E-state index in [1.807, 2.05) is 37.3 Å². The van der Waals surface area contributed by atoms with Crippen LogP contribution in [0.15, 0.2) is 52.1 Å². The molecule has 0 amide bonds. The summed E-state index contributed by atoms with van der Waals surface area (Å²) >= 11 is 0. The fraction of sp³-hybridized carbons (Fsp3) is 0.455. The molecule has 5 heteroatoms. The van der Waals surface area contributed by atoms with Crippen LogP contribution in [0.5, 0.6) is 0 Å². The molecule has 1 aromatic carbocycles.